The van der Waals surface area contributed by atoms with E-state index in [0.29, 0.717) is 28.5 Å². The number of hydrogen-bond acceptors (Lipinski definition) is 5. The number of aromatic nitrogens is 2. The first-order valence-electron chi connectivity index (χ1n) is 8.35. The molecule has 0 radical (unpaired) electrons. The Bertz CT molecular complexity index is 1010. The Balaban J connectivity index is 1.50. The first-order chi connectivity index (χ1) is 13.1. The molecule has 0 saturated heterocycles. The molecule has 7 heteroatoms. The maximum atomic E-state index is 14.0. The number of aryl methyl sites for hydroxylation is 1. The van der Waals surface area contributed by atoms with Crippen LogP contribution in [0.15, 0.2) is 48.8 Å². The second-order valence-corrected chi connectivity index (χ2v) is 6.12. The fourth-order valence-corrected chi connectivity index (χ4v) is 2.76. The number of rotatable bonds is 4. The summed E-state index contributed by atoms with van der Waals surface area (Å²) in [7, 11) is 0. The van der Waals surface area contributed by atoms with E-state index in [4.69, 9.17) is 9.47 Å². The third-order valence-electron chi connectivity index (χ3n) is 4.16. The van der Waals surface area contributed by atoms with Crippen molar-refractivity contribution in [2.75, 3.05) is 6.79 Å². The molecule has 1 amide bonds. The number of carbonyl (C=O) groups is 1. The molecule has 6 nitrogen and oxygen atoms in total. The van der Waals surface area contributed by atoms with E-state index >= 15 is 0 Å². The van der Waals surface area contributed by atoms with Gasteiger partial charge in [-0.05, 0) is 48.4 Å². The minimum Gasteiger partial charge on any atom is -0.454 e. The zero-order valence-electron chi connectivity index (χ0n) is 14.5. The van der Waals surface area contributed by atoms with Gasteiger partial charge in [-0.15, -0.1) is 0 Å². The number of hydrogen-bond donors (Lipinski definition) is 1. The molecule has 0 spiro atoms. The van der Waals surface area contributed by atoms with Gasteiger partial charge in [0.15, 0.2) is 11.5 Å². The van der Waals surface area contributed by atoms with Gasteiger partial charge < -0.3 is 14.8 Å². The van der Waals surface area contributed by atoms with Gasteiger partial charge in [-0.3, -0.25) is 4.79 Å². The normalized spacial score (nSPS) is 12.1. The molecule has 0 saturated carbocycles. The first-order valence-corrected chi connectivity index (χ1v) is 8.35. The van der Waals surface area contributed by atoms with Crippen LogP contribution in [0.4, 0.5) is 4.39 Å². The highest BCUT2D eigenvalue weighted by atomic mass is 19.1. The Hall–Kier alpha value is -3.48. The Morgan fingerprint density at radius 3 is 2.67 bits per heavy atom. The summed E-state index contributed by atoms with van der Waals surface area (Å²) in [5, 5.41) is 2.79. The lowest BCUT2D eigenvalue weighted by Crippen LogP contribution is -2.23. The number of carbonyl (C=O) groups excluding carboxylic acids is 1. The molecule has 1 aliphatic rings. The second kappa shape index (κ2) is 7.03. The van der Waals surface area contributed by atoms with Crippen LogP contribution in [-0.2, 0) is 6.54 Å². The molecule has 1 aliphatic heterocycles. The third-order valence-corrected chi connectivity index (χ3v) is 4.16. The van der Waals surface area contributed by atoms with Gasteiger partial charge in [-0.25, -0.2) is 14.4 Å². The molecule has 3 aromatic rings. The molecule has 0 bridgehead atoms. The summed E-state index contributed by atoms with van der Waals surface area (Å²) in [4.78, 5) is 20.7. The van der Waals surface area contributed by atoms with E-state index in [0.717, 1.165) is 5.56 Å². The number of amides is 1. The summed E-state index contributed by atoms with van der Waals surface area (Å²) in [6, 6.07) is 9.61. The van der Waals surface area contributed by atoms with Crippen molar-refractivity contribution in [3.8, 4) is 22.6 Å². The van der Waals surface area contributed by atoms with Crippen LogP contribution in [0.1, 0.15) is 21.7 Å². The highest BCUT2D eigenvalue weighted by Gasteiger charge is 2.14. The van der Waals surface area contributed by atoms with Crippen molar-refractivity contribution in [2.45, 2.75) is 13.5 Å². The lowest BCUT2D eigenvalue weighted by Gasteiger charge is -2.09. The van der Waals surface area contributed by atoms with Gasteiger partial charge in [-0.2, -0.15) is 0 Å². The Kier molecular flexibility index (Phi) is 4.42. The lowest BCUT2D eigenvalue weighted by molar-refractivity contribution is 0.0950. The number of ether oxygens (including phenoxy) is 2. The molecule has 2 aromatic carbocycles. The average molecular weight is 365 g/mol. The van der Waals surface area contributed by atoms with Crippen molar-refractivity contribution in [3.63, 3.8) is 0 Å². The van der Waals surface area contributed by atoms with Crippen LogP contribution >= 0.6 is 0 Å². The van der Waals surface area contributed by atoms with Crippen LogP contribution in [0.25, 0.3) is 11.1 Å². The quantitative estimate of drug-likeness (QED) is 0.768. The molecule has 0 unspecified atom stereocenters. The van der Waals surface area contributed by atoms with Gasteiger partial charge in [-0.1, -0.05) is 6.07 Å². The zero-order valence-corrected chi connectivity index (χ0v) is 14.5. The van der Waals surface area contributed by atoms with Gasteiger partial charge in [0.05, 0.1) is 0 Å². The number of nitrogens with zero attached hydrogens (tertiary/aromatic N) is 2. The standard InChI is InChI=1S/C20H16FN3O3/c1-12-22-9-16(10-23-12)14-5-15(7-17(21)6-14)20(25)24-8-13-2-3-18-19(4-13)27-11-26-18/h2-7,9-10H,8,11H2,1H3,(H,24,25). The summed E-state index contributed by atoms with van der Waals surface area (Å²) in [5.74, 6) is 1.08. The predicted octanol–water partition coefficient (Wildman–Crippen LogP) is 3.25. The van der Waals surface area contributed by atoms with Crippen LogP contribution in [0.2, 0.25) is 0 Å². The number of halogens is 1. The third kappa shape index (κ3) is 3.72. The van der Waals surface area contributed by atoms with Crippen LogP contribution in [0.3, 0.4) is 0 Å². The van der Waals surface area contributed by atoms with E-state index in [9.17, 15) is 9.18 Å². The molecule has 4 rings (SSSR count). The molecule has 1 N–H and O–H groups in total. The lowest BCUT2D eigenvalue weighted by atomic mass is 10.0. The number of nitrogens with one attached hydrogen (secondary N) is 1. The van der Waals surface area contributed by atoms with Crippen molar-refractivity contribution >= 4 is 5.91 Å². The highest BCUT2D eigenvalue weighted by Crippen LogP contribution is 2.32. The van der Waals surface area contributed by atoms with Crippen LogP contribution < -0.4 is 14.8 Å². The van der Waals surface area contributed by atoms with Crippen molar-refractivity contribution in [3.05, 3.63) is 71.6 Å². The smallest absolute Gasteiger partial charge is 0.251 e. The fourth-order valence-electron chi connectivity index (χ4n) is 2.76. The molecular formula is C20H16FN3O3. The molecule has 2 heterocycles. The molecular weight excluding hydrogens is 349 g/mol. The Morgan fingerprint density at radius 2 is 1.85 bits per heavy atom. The summed E-state index contributed by atoms with van der Waals surface area (Å²) < 4.78 is 24.6. The van der Waals surface area contributed by atoms with E-state index in [1.54, 1.807) is 31.5 Å². The van der Waals surface area contributed by atoms with Crippen LogP contribution in [0, 0.1) is 12.7 Å². The molecule has 0 aliphatic carbocycles. The topological polar surface area (TPSA) is 73.3 Å². The van der Waals surface area contributed by atoms with Gasteiger partial charge in [0, 0.05) is 30.1 Å². The summed E-state index contributed by atoms with van der Waals surface area (Å²) in [6.45, 7) is 2.25. The van der Waals surface area contributed by atoms with E-state index in [2.05, 4.69) is 15.3 Å². The SMILES string of the molecule is Cc1ncc(-c2cc(F)cc(C(=O)NCc3ccc4c(c3)OCO4)c2)cn1. The fraction of sp³-hybridized carbons (Fsp3) is 0.150. The largest absolute Gasteiger partial charge is 0.454 e. The van der Waals surface area contributed by atoms with E-state index in [1.165, 1.54) is 12.1 Å². The number of benzene rings is 2. The first kappa shape index (κ1) is 17.0. The summed E-state index contributed by atoms with van der Waals surface area (Å²) in [6.07, 6.45) is 3.21. The molecule has 1 aromatic heterocycles. The van der Waals surface area contributed by atoms with Gasteiger partial charge in [0.2, 0.25) is 6.79 Å². The second-order valence-electron chi connectivity index (χ2n) is 6.12. The Labute approximate surface area is 155 Å². The van der Waals surface area contributed by atoms with Crippen molar-refractivity contribution in [2.24, 2.45) is 0 Å². The summed E-state index contributed by atoms with van der Waals surface area (Å²) >= 11 is 0. The number of fused-ring (bicyclic) bond motifs is 1. The van der Waals surface area contributed by atoms with Crippen molar-refractivity contribution in [1.29, 1.82) is 0 Å². The minimum absolute atomic E-state index is 0.194. The van der Waals surface area contributed by atoms with Crippen molar-refractivity contribution < 1.29 is 18.7 Å². The van der Waals surface area contributed by atoms with E-state index in [1.807, 2.05) is 12.1 Å². The molecule has 0 atom stereocenters. The van der Waals surface area contributed by atoms with E-state index < -0.39 is 5.82 Å². The maximum Gasteiger partial charge on any atom is 0.251 e. The van der Waals surface area contributed by atoms with Gasteiger partial charge in [0.1, 0.15) is 11.6 Å². The monoisotopic (exact) mass is 365 g/mol. The Morgan fingerprint density at radius 1 is 1.07 bits per heavy atom. The van der Waals surface area contributed by atoms with Crippen LogP contribution in [0.5, 0.6) is 11.5 Å². The highest BCUT2D eigenvalue weighted by molar-refractivity contribution is 5.95. The summed E-state index contributed by atoms with van der Waals surface area (Å²) in [5.41, 5.74) is 2.27. The molecule has 0 fully saturated rings. The molecule has 136 valence electrons. The minimum atomic E-state index is -0.499. The van der Waals surface area contributed by atoms with Crippen LogP contribution in [-0.4, -0.2) is 22.7 Å². The van der Waals surface area contributed by atoms with Gasteiger partial charge >= 0.3 is 0 Å². The molecule has 27 heavy (non-hydrogen) atoms. The maximum absolute atomic E-state index is 14.0. The predicted molar refractivity (Wildman–Crippen MR) is 95.9 cm³/mol. The van der Waals surface area contributed by atoms with Gasteiger partial charge in [0.25, 0.3) is 5.91 Å². The van der Waals surface area contributed by atoms with Crippen molar-refractivity contribution in [1.82, 2.24) is 15.3 Å². The zero-order chi connectivity index (χ0) is 18.8. The average Bonchev–Trinajstić information content (AvgIpc) is 3.14. The van der Waals surface area contributed by atoms with E-state index in [-0.39, 0.29) is 24.8 Å².